The predicted molar refractivity (Wildman–Crippen MR) is 89.8 cm³/mol. The summed E-state index contributed by atoms with van der Waals surface area (Å²) < 4.78 is 0. The van der Waals surface area contributed by atoms with Crippen LogP contribution in [0.2, 0.25) is 0 Å². The summed E-state index contributed by atoms with van der Waals surface area (Å²) in [6, 6.07) is 6.61. The molecule has 114 valence electrons. The summed E-state index contributed by atoms with van der Waals surface area (Å²) in [7, 11) is 0. The Morgan fingerprint density at radius 3 is 3.00 bits per heavy atom. The minimum absolute atomic E-state index is 0.445. The Bertz CT molecular complexity index is 592. The van der Waals surface area contributed by atoms with Gasteiger partial charge in [0.1, 0.15) is 0 Å². The van der Waals surface area contributed by atoms with Crippen molar-refractivity contribution in [3.05, 3.63) is 42.2 Å². The molecule has 1 N–H and O–H groups in total. The SMILES string of the molecule is N#CCCN(Cc1cccnc1)C(=S)N[C@@H]1C[C@@H]2C=C[C@H]1C2. The van der Waals surface area contributed by atoms with Gasteiger partial charge in [-0.1, -0.05) is 18.2 Å². The van der Waals surface area contributed by atoms with Gasteiger partial charge in [-0.15, -0.1) is 0 Å². The van der Waals surface area contributed by atoms with Crippen LogP contribution < -0.4 is 5.32 Å². The molecule has 1 heterocycles. The van der Waals surface area contributed by atoms with Gasteiger partial charge in [0, 0.05) is 31.5 Å². The van der Waals surface area contributed by atoms with Crippen LogP contribution in [0, 0.1) is 23.2 Å². The summed E-state index contributed by atoms with van der Waals surface area (Å²) in [5, 5.41) is 13.1. The van der Waals surface area contributed by atoms with Crippen LogP contribution in [0.1, 0.15) is 24.8 Å². The van der Waals surface area contributed by atoms with Crippen LogP contribution in [-0.2, 0) is 6.54 Å². The fourth-order valence-corrected chi connectivity index (χ4v) is 3.65. The number of nitrogens with one attached hydrogen (secondary N) is 1. The first-order valence-electron chi connectivity index (χ1n) is 7.76. The maximum absolute atomic E-state index is 8.87. The van der Waals surface area contributed by atoms with E-state index in [4.69, 9.17) is 17.5 Å². The number of hydrogen-bond acceptors (Lipinski definition) is 3. The first-order chi connectivity index (χ1) is 10.8. The second-order valence-electron chi connectivity index (χ2n) is 6.03. The molecule has 2 aliphatic carbocycles. The molecule has 22 heavy (non-hydrogen) atoms. The molecular formula is C17H20N4S. The van der Waals surface area contributed by atoms with Crippen molar-refractivity contribution in [3.63, 3.8) is 0 Å². The molecule has 1 aromatic heterocycles. The van der Waals surface area contributed by atoms with Gasteiger partial charge >= 0.3 is 0 Å². The maximum atomic E-state index is 8.87. The van der Waals surface area contributed by atoms with E-state index in [0.717, 1.165) is 16.6 Å². The number of nitriles is 1. The maximum Gasteiger partial charge on any atom is 0.169 e. The van der Waals surface area contributed by atoms with E-state index in [1.807, 2.05) is 18.3 Å². The van der Waals surface area contributed by atoms with Gasteiger partial charge in [-0.3, -0.25) is 4.98 Å². The summed E-state index contributed by atoms with van der Waals surface area (Å²) >= 11 is 5.60. The van der Waals surface area contributed by atoms with Crippen LogP contribution in [0.25, 0.3) is 0 Å². The fraction of sp³-hybridized carbons (Fsp3) is 0.471. The molecule has 0 aromatic carbocycles. The highest BCUT2D eigenvalue weighted by molar-refractivity contribution is 7.80. The van der Waals surface area contributed by atoms with Crippen LogP contribution >= 0.6 is 12.2 Å². The Hall–Kier alpha value is -1.93. The zero-order valence-electron chi connectivity index (χ0n) is 12.5. The van der Waals surface area contributed by atoms with Crippen LogP contribution in [-0.4, -0.2) is 27.6 Å². The predicted octanol–water partition coefficient (Wildman–Crippen LogP) is 2.64. The van der Waals surface area contributed by atoms with Crippen molar-refractivity contribution in [2.24, 2.45) is 11.8 Å². The molecule has 2 aliphatic rings. The topological polar surface area (TPSA) is 52.0 Å². The first-order valence-corrected chi connectivity index (χ1v) is 8.16. The van der Waals surface area contributed by atoms with Crippen molar-refractivity contribution < 1.29 is 0 Å². The van der Waals surface area contributed by atoms with Gasteiger partial charge in [0.15, 0.2) is 5.11 Å². The highest BCUT2D eigenvalue weighted by Gasteiger charge is 2.36. The van der Waals surface area contributed by atoms with Gasteiger partial charge < -0.3 is 10.2 Å². The third-order valence-corrected chi connectivity index (χ3v) is 4.84. The molecule has 0 unspecified atom stereocenters. The van der Waals surface area contributed by atoms with E-state index < -0.39 is 0 Å². The second kappa shape index (κ2) is 6.89. The van der Waals surface area contributed by atoms with Gasteiger partial charge in [0.2, 0.25) is 0 Å². The first kappa shape index (κ1) is 15.0. The van der Waals surface area contributed by atoms with Crippen LogP contribution in [0.3, 0.4) is 0 Å². The van der Waals surface area contributed by atoms with E-state index in [0.29, 0.717) is 31.5 Å². The highest BCUT2D eigenvalue weighted by Crippen LogP contribution is 2.39. The molecule has 3 rings (SSSR count). The summed E-state index contributed by atoms with van der Waals surface area (Å²) in [4.78, 5) is 6.22. The molecule has 4 nitrogen and oxygen atoms in total. The van der Waals surface area contributed by atoms with Crippen LogP contribution in [0.4, 0.5) is 0 Å². The lowest BCUT2D eigenvalue weighted by Gasteiger charge is -2.29. The minimum Gasteiger partial charge on any atom is -0.359 e. The summed E-state index contributed by atoms with van der Waals surface area (Å²) in [5.74, 6) is 1.33. The van der Waals surface area contributed by atoms with E-state index >= 15 is 0 Å². The van der Waals surface area contributed by atoms with Crippen molar-refractivity contribution in [1.82, 2.24) is 15.2 Å². The molecule has 5 heteroatoms. The third-order valence-electron chi connectivity index (χ3n) is 4.46. The zero-order valence-corrected chi connectivity index (χ0v) is 13.3. The molecular weight excluding hydrogens is 292 g/mol. The van der Waals surface area contributed by atoms with Gasteiger partial charge in [-0.2, -0.15) is 5.26 Å². The Balaban J connectivity index is 1.62. The molecule has 2 bridgehead atoms. The molecule has 1 aromatic rings. The Kier molecular flexibility index (Phi) is 4.69. The number of rotatable bonds is 5. The molecule has 0 radical (unpaired) electrons. The summed E-state index contributed by atoms with van der Waals surface area (Å²) in [5.41, 5.74) is 1.11. The number of nitrogens with zero attached hydrogens (tertiary/aromatic N) is 3. The van der Waals surface area contributed by atoms with Gasteiger partial charge in [0.25, 0.3) is 0 Å². The average molecular weight is 312 g/mol. The molecule has 3 atom stereocenters. The lowest BCUT2D eigenvalue weighted by Crippen LogP contribution is -2.46. The van der Waals surface area contributed by atoms with Crippen molar-refractivity contribution >= 4 is 17.3 Å². The van der Waals surface area contributed by atoms with Crippen LogP contribution in [0.15, 0.2) is 36.7 Å². The van der Waals surface area contributed by atoms with E-state index in [-0.39, 0.29) is 0 Å². The van der Waals surface area contributed by atoms with Crippen molar-refractivity contribution in [2.75, 3.05) is 6.54 Å². The quantitative estimate of drug-likeness (QED) is 0.669. The van der Waals surface area contributed by atoms with E-state index in [1.165, 1.54) is 12.8 Å². The third kappa shape index (κ3) is 3.45. The lowest BCUT2D eigenvalue weighted by molar-refractivity contribution is 0.395. The highest BCUT2D eigenvalue weighted by atomic mass is 32.1. The summed E-state index contributed by atoms with van der Waals surface area (Å²) in [6.45, 7) is 1.34. The number of pyridine rings is 1. The molecule has 1 fully saturated rings. The summed E-state index contributed by atoms with van der Waals surface area (Å²) in [6.07, 6.45) is 11.1. The molecule has 0 spiro atoms. The van der Waals surface area contributed by atoms with Crippen LogP contribution in [0.5, 0.6) is 0 Å². The fourth-order valence-electron chi connectivity index (χ4n) is 3.35. The normalized spacial score (nSPS) is 25.0. The lowest BCUT2D eigenvalue weighted by atomic mass is 10.0. The Morgan fingerprint density at radius 1 is 1.45 bits per heavy atom. The second-order valence-corrected chi connectivity index (χ2v) is 6.41. The Morgan fingerprint density at radius 2 is 2.36 bits per heavy atom. The van der Waals surface area contributed by atoms with E-state index in [2.05, 4.69) is 33.4 Å². The van der Waals surface area contributed by atoms with Gasteiger partial charge in [-0.05, 0) is 48.5 Å². The van der Waals surface area contributed by atoms with Crippen molar-refractivity contribution in [2.45, 2.75) is 31.8 Å². The Labute approximate surface area is 136 Å². The minimum atomic E-state index is 0.445. The largest absolute Gasteiger partial charge is 0.359 e. The molecule has 0 amide bonds. The molecule has 1 saturated carbocycles. The number of fused-ring (bicyclic) bond motifs is 2. The average Bonchev–Trinajstić information content (AvgIpc) is 3.15. The number of hydrogen-bond donors (Lipinski definition) is 1. The van der Waals surface area contributed by atoms with Crippen molar-refractivity contribution in [3.8, 4) is 6.07 Å². The van der Waals surface area contributed by atoms with Gasteiger partial charge in [-0.25, -0.2) is 0 Å². The number of thiocarbonyl (C=S) groups is 1. The van der Waals surface area contributed by atoms with Gasteiger partial charge in [0.05, 0.1) is 12.5 Å². The van der Waals surface area contributed by atoms with E-state index in [1.54, 1.807) is 6.20 Å². The van der Waals surface area contributed by atoms with E-state index in [9.17, 15) is 0 Å². The number of allylic oxidation sites excluding steroid dienone is 1. The molecule has 0 aliphatic heterocycles. The zero-order chi connectivity index (χ0) is 15.4. The van der Waals surface area contributed by atoms with Crippen molar-refractivity contribution in [1.29, 1.82) is 5.26 Å². The molecule has 0 saturated heterocycles. The standard InChI is InChI=1S/C17H20N4S/c18-6-2-8-21(12-14-3-1-7-19-11-14)17(22)20-16-10-13-4-5-15(16)9-13/h1,3-5,7,11,13,15-16H,2,8-10,12H2,(H,20,22)/t13-,15+,16-/m1/s1. The number of aromatic nitrogens is 1. The monoisotopic (exact) mass is 312 g/mol. The smallest absolute Gasteiger partial charge is 0.169 e.